The van der Waals surface area contributed by atoms with Crippen LogP contribution in [-0.2, 0) is 26.8 Å². The van der Waals surface area contributed by atoms with Gasteiger partial charge < -0.3 is 8.94 Å². The molecule has 1 aromatic carbocycles. The monoisotopic (exact) mass is 428 g/mol. The van der Waals surface area contributed by atoms with E-state index in [1.807, 2.05) is 0 Å². The first-order valence-electron chi connectivity index (χ1n) is 7.81. The van der Waals surface area contributed by atoms with E-state index in [0.717, 1.165) is 4.57 Å². The summed E-state index contributed by atoms with van der Waals surface area (Å²) in [6.45, 7) is -0.313. The van der Waals surface area contributed by atoms with Crippen molar-refractivity contribution in [2.45, 2.75) is 13.2 Å². The second-order valence-corrected chi connectivity index (χ2v) is 7.72. The molecule has 9 nitrogen and oxygen atoms in total. The number of hydrogen-bond acceptors (Lipinski definition) is 7. The summed E-state index contributed by atoms with van der Waals surface area (Å²) in [4.78, 5) is 24.8. The summed E-state index contributed by atoms with van der Waals surface area (Å²) in [5, 5.41) is 0.546. The van der Waals surface area contributed by atoms with E-state index in [2.05, 4.69) is 0 Å². The Morgan fingerprint density at radius 2 is 2.04 bits per heavy atom. The molecule has 1 N–H and O–H groups in total. The van der Waals surface area contributed by atoms with Gasteiger partial charge in [-0.1, -0.05) is 23.7 Å². The molecule has 0 saturated carbocycles. The number of benzene rings is 1. The summed E-state index contributed by atoms with van der Waals surface area (Å²) in [6, 6.07) is 7.91. The molecule has 2 aromatic heterocycles. The molecule has 1 aliphatic heterocycles. The van der Waals surface area contributed by atoms with Gasteiger partial charge in [-0.15, -0.1) is 0 Å². The fraction of sp³-hybridized carbons (Fsp3) is 0.125. The molecule has 0 radical (unpaired) electrons. The fourth-order valence-corrected chi connectivity index (χ4v) is 3.67. The average Bonchev–Trinajstić information content (AvgIpc) is 3.07. The number of phosphoric acid groups is 1. The van der Waals surface area contributed by atoms with Gasteiger partial charge in [0.1, 0.15) is 6.61 Å². The van der Waals surface area contributed by atoms with Gasteiger partial charge in [0, 0.05) is 11.1 Å². The summed E-state index contributed by atoms with van der Waals surface area (Å²) >= 11 is 5.80. The molecule has 1 atom stereocenters. The van der Waals surface area contributed by atoms with Crippen LogP contribution in [0, 0.1) is 5.82 Å². The summed E-state index contributed by atoms with van der Waals surface area (Å²) in [7, 11) is -3.94. The maximum atomic E-state index is 13.5. The lowest BCUT2D eigenvalue weighted by atomic mass is 10.2. The molecule has 3 heterocycles. The minimum Gasteiger partial charge on any atom is -0.438 e. The van der Waals surface area contributed by atoms with Crippen LogP contribution in [0.3, 0.4) is 0 Å². The third-order valence-corrected chi connectivity index (χ3v) is 5.32. The topological polar surface area (TPSA) is 113 Å². The Kier molecular flexibility index (Phi) is 4.72. The molecule has 1 aliphatic rings. The van der Waals surface area contributed by atoms with Crippen molar-refractivity contribution >= 4 is 19.4 Å². The summed E-state index contributed by atoms with van der Waals surface area (Å²) in [6.07, 6.45) is 0.670. The number of fused-ring (bicyclic) bond motifs is 1. The van der Waals surface area contributed by atoms with Crippen LogP contribution in [0.5, 0.6) is 5.75 Å². The van der Waals surface area contributed by atoms with Crippen molar-refractivity contribution in [3.63, 3.8) is 0 Å². The molecular weight excluding hydrogens is 418 g/mol. The highest BCUT2D eigenvalue weighted by atomic mass is 35.5. The Hall–Kier alpha value is -2.65. The van der Waals surface area contributed by atoms with E-state index in [-0.39, 0.29) is 30.6 Å². The largest absolute Gasteiger partial charge is 0.530 e. The fourth-order valence-electron chi connectivity index (χ4n) is 2.39. The lowest BCUT2D eigenvalue weighted by Crippen LogP contribution is -2.30. The molecule has 3 aromatic rings. The number of phosphoric ester groups is 1. The number of nitrogens with zero attached hydrogens (tertiary/aromatic N) is 1. The number of aromatic amines is 1. The summed E-state index contributed by atoms with van der Waals surface area (Å²) in [5.74, 6) is -1.20. The van der Waals surface area contributed by atoms with Crippen LogP contribution in [0.15, 0.2) is 50.5 Å². The Labute approximate surface area is 160 Å². The zero-order chi connectivity index (χ0) is 19.9. The smallest absolute Gasteiger partial charge is 0.438 e. The maximum absolute atomic E-state index is 13.5. The molecule has 0 aliphatic carbocycles. The van der Waals surface area contributed by atoms with Crippen molar-refractivity contribution in [3.8, 4) is 11.6 Å². The predicted molar refractivity (Wildman–Crippen MR) is 94.1 cm³/mol. The molecule has 12 heteroatoms. The van der Waals surface area contributed by atoms with Crippen LogP contribution < -0.4 is 15.8 Å². The first kappa shape index (κ1) is 18.7. The van der Waals surface area contributed by atoms with Gasteiger partial charge in [-0.05, 0) is 17.7 Å². The third-order valence-electron chi connectivity index (χ3n) is 3.76. The number of halogens is 2. The number of aromatic nitrogens is 2. The van der Waals surface area contributed by atoms with Gasteiger partial charge in [0.25, 0.3) is 5.56 Å². The normalized spacial score (nSPS) is 18.5. The zero-order valence-electron chi connectivity index (χ0n) is 13.9. The number of hydrogen-bond donors (Lipinski definition) is 1. The quantitative estimate of drug-likeness (QED) is 0.635. The lowest BCUT2D eigenvalue weighted by molar-refractivity contribution is 0.118. The highest BCUT2D eigenvalue weighted by Gasteiger charge is 2.37. The standard InChI is InChI=1S/C16H11ClFN2O7P/c17-10-3-1-9(2-4-10)7-24-28(23)25-8-13-12(27-28)5-14(26-13)20-6-11(18)15(21)19-16(20)22/h1-6H,7-8H2,(H,19,21,22). The number of H-pyrrole nitrogens is 1. The van der Waals surface area contributed by atoms with Gasteiger partial charge in [-0.25, -0.2) is 13.9 Å². The van der Waals surface area contributed by atoms with Crippen molar-refractivity contribution in [3.05, 3.63) is 79.5 Å². The SMILES string of the molecule is O=c1[nH]c(=O)n(-c2cc3c(o2)COP(=O)(OCc2ccc(Cl)cc2)O3)cc1F. The van der Waals surface area contributed by atoms with Gasteiger partial charge in [-0.2, -0.15) is 4.39 Å². The van der Waals surface area contributed by atoms with Crippen molar-refractivity contribution in [2.24, 2.45) is 0 Å². The zero-order valence-corrected chi connectivity index (χ0v) is 15.5. The molecule has 4 rings (SSSR count). The van der Waals surface area contributed by atoms with E-state index in [4.69, 9.17) is 29.6 Å². The Morgan fingerprint density at radius 3 is 2.79 bits per heavy atom. The Bertz CT molecular complexity index is 1200. The molecule has 0 spiro atoms. The van der Waals surface area contributed by atoms with Crippen molar-refractivity contribution in [2.75, 3.05) is 0 Å². The van der Waals surface area contributed by atoms with Gasteiger partial charge in [-0.3, -0.25) is 18.8 Å². The maximum Gasteiger partial charge on any atom is 0.530 e. The van der Waals surface area contributed by atoms with Gasteiger partial charge >= 0.3 is 13.5 Å². The highest BCUT2D eigenvalue weighted by molar-refractivity contribution is 7.49. The van der Waals surface area contributed by atoms with Crippen LogP contribution in [0.1, 0.15) is 11.3 Å². The van der Waals surface area contributed by atoms with Crippen LogP contribution in [-0.4, -0.2) is 9.55 Å². The highest BCUT2D eigenvalue weighted by Crippen LogP contribution is 2.55. The third kappa shape index (κ3) is 3.67. The number of nitrogens with one attached hydrogen (secondary N) is 1. The van der Waals surface area contributed by atoms with E-state index in [0.29, 0.717) is 16.8 Å². The summed E-state index contributed by atoms with van der Waals surface area (Å²) in [5.41, 5.74) is -1.38. The van der Waals surface area contributed by atoms with E-state index in [9.17, 15) is 18.5 Å². The van der Waals surface area contributed by atoms with E-state index in [1.165, 1.54) is 6.07 Å². The van der Waals surface area contributed by atoms with E-state index < -0.39 is 24.9 Å². The number of furan rings is 1. The first-order chi connectivity index (χ1) is 13.3. The first-order valence-corrected chi connectivity index (χ1v) is 9.64. The van der Waals surface area contributed by atoms with Gasteiger partial charge in [0.15, 0.2) is 11.5 Å². The molecule has 0 amide bonds. The molecule has 0 bridgehead atoms. The summed E-state index contributed by atoms with van der Waals surface area (Å²) < 4.78 is 47.9. The average molecular weight is 429 g/mol. The molecule has 0 saturated heterocycles. The van der Waals surface area contributed by atoms with Crippen molar-refractivity contribution in [1.29, 1.82) is 0 Å². The van der Waals surface area contributed by atoms with Crippen molar-refractivity contribution in [1.82, 2.24) is 9.55 Å². The van der Waals surface area contributed by atoms with E-state index >= 15 is 0 Å². The second-order valence-electron chi connectivity index (χ2n) is 5.69. The Morgan fingerprint density at radius 1 is 1.29 bits per heavy atom. The van der Waals surface area contributed by atoms with E-state index in [1.54, 1.807) is 29.2 Å². The predicted octanol–water partition coefficient (Wildman–Crippen LogP) is 3.15. The molecule has 28 heavy (non-hydrogen) atoms. The van der Waals surface area contributed by atoms with Crippen LogP contribution >= 0.6 is 19.4 Å². The van der Waals surface area contributed by atoms with Crippen LogP contribution in [0.25, 0.3) is 5.88 Å². The minimum absolute atomic E-state index is 0.0131. The van der Waals surface area contributed by atoms with Crippen LogP contribution in [0.4, 0.5) is 4.39 Å². The number of rotatable bonds is 4. The minimum atomic E-state index is -3.94. The van der Waals surface area contributed by atoms with Crippen molar-refractivity contribution < 1.29 is 26.9 Å². The Balaban J connectivity index is 1.55. The lowest BCUT2D eigenvalue weighted by Gasteiger charge is -2.21. The molecular formula is C16H11ClFN2O7P. The molecule has 0 fully saturated rings. The molecule has 146 valence electrons. The van der Waals surface area contributed by atoms with Crippen LogP contribution in [0.2, 0.25) is 5.02 Å². The second kappa shape index (κ2) is 7.06. The van der Waals surface area contributed by atoms with Gasteiger partial charge in [0.2, 0.25) is 11.7 Å². The van der Waals surface area contributed by atoms with Gasteiger partial charge in [0.05, 0.1) is 12.8 Å². The molecule has 1 unspecified atom stereocenters.